The van der Waals surface area contributed by atoms with Gasteiger partial charge >= 0.3 is 6.18 Å². The van der Waals surface area contributed by atoms with E-state index in [-0.39, 0.29) is 6.04 Å². The first-order valence-electron chi connectivity index (χ1n) is 9.43. The minimum atomic E-state index is -4.29. The van der Waals surface area contributed by atoms with Gasteiger partial charge in [-0.15, -0.1) is 0 Å². The second kappa shape index (κ2) is 10.5. The zero-order chi connectivity index (χ0) is 19.7. The Morgan fingerprint density at radius 2 is 2.00 bits per heavy atom. The standard InChI is InChI=1S/C19H29F3N4O/c1-3-23-18(24-10-12-27-4-2)25-17-9-11-26(14-17)13-15-5-7-16(8-6-15)19(20,21)22/h5-8,17H,3-4,9-14H2,1-2H3,(H2,23,24,25). The molecule has 0 spiro atoms. The third-order valence-corrected chi connectivity index (χ3v) is 4.35. The SMILES string of the molecule is CCNC(=NCCOCC)NC1CCN(Cc2ccc(C(F)(F)F)cc2)C1. The summed E-state index contributed by atoms with van der Waals surface area (Å²) in [7, 11) is 0. The highest BCUT2D eigenvalue weighted by atomic mass is 19.4. The average Bonchev–Trinajstić information content (AvgIpc) is 3.05. The molecule has 0 aliphatic carbocycles. The van der Waals surface area contributed by atoms with Gasteiger partial charge in [-0.05, 0) is 38.0 Å². The van der Waals surface area contributed by atoms with Gasteiger partial charge in [-0.2, -0.15) is 13.2 Å². The zero-order valence-electron chi connectivity index (χ0n) is 16.0. The van der Waals surface area contributed by atoms with E-state index in [1.54, 1.807) is 12.1 Å². The number of aliphatic imine (C=N–C) groups is 1. The molecule has 152 valence electrons. The first-order chi connectivity index (χ1) is 12.9. The molecule has 0 amide bonds. The van der Waals surface area contributed by atoms with Gasteiger partial charge in [0.05, 0.1) is 18.7 Å². The molecule has 2 rings (SSSR count). The lowest BCUT2D eigenvalue weighted by molar-refractivity contribution is -0.137. The number of nitrogens with zero attached hydrogens (tertiary/aromatic N) is 2. The molecule has 1 aliphatic rings. The van der Waals surface area contributed by atoms with Gasteiger partial charge in [-0.3, -0.25) is 9.89 Å². The minimum absolute atomic E-state index is 0.268. The fourth-order valence-electron chi connectivity index (χ4n) is 3.03. The average molecular weight is 386 g/mol. The van der Waals surface area contributed by atoms with E-state index in [9.17, 15) is 13.2 Å². The number of benzene rings is 1. The Morgan fingerprint density at radius 1 is 1.26 bits per heavy atom. The van der Waals surface area contributed by atoms with Crippen LogP contribution in [0, 0.1) is 0 Å². The van der Waals surface area contributed by atoms with Crippen LogP contribution in [-0.4, -0.2) is 56.3 Å². The maximum absolute atomic E-state index is 12.6. The molecular weight excluding hydrogens is 357 g/mol. The molecule has 1 unspecified atom stereocenters. The molecule has 1 atom stereocenters. The topological polar surface area (TPSA) is 48.9 Å². The van der Waals surface area contributed by atoms with Crippen LogP contribution in [0.1, 0.15) is 31.4 Å². The first kappa shape index (κ1) is 21.5. The van der Waals surface area contributed by atoms with Gasteiger partial charge in [0.2, 0.25) is 0 Å². The molecule has 1 aliphatic heterocycles. The van der Waals surface area contributed by atoms with E-state index in [0.717, 1.165) is 49.7 Å². The summed E-state index contributed by atoms with van der Waals surface area (Å²) in [5, 5.41) is 6.66. The third-order valence-electron chi connectivity index (χ3n) is 4.35. The van der Waals surface area contributed by atoms with Crippen molar-refractivity contribution in [3.8, 4) is 0 Å². The van der Waals surface area contributed by atoms with Gasteiger partial charge in [-0.1, -0.05) is 12.1 Å². The summed E-state index contributed by atoms with van der Waals surface area (Å²) in [6.07, 6.45) is -3.32. The summed E-state index contributed by atoms with van der Waals surface area (Å²) in [4.78, 5) is 6.74. The summed E-state index contributed by atoms with van der Waals surface area (Å²) in [6.45, 7) is 9.01. The molecular formula is C19H29F3N4O. The molecule has 1 saturated heterocycles. The number of hydrogen-bond donors (Lipinski definition) is 2. The molecule has 1 aromatic rings. The highest BCUT2D eigenvalue weighted by molar-refractivity contribution is 5.80. The summed E-state index contributed by atoms with van der Waals surface area (Å²) < 4.78 is 43.2. The fraction of sp³-hybridized carbons (Fsp3) is 0.632. The van der Waals surface area contributed by atoms with Gasteiger partial charge in [0.25, 0.3) is 0 Å². The second-order valence-electron chi connectivity index (χ2n) is 6.52. The van der Waals surface area contributed by atoms with Gasteiger partial charge in [0, 0.05) is 38.8 Å². The van der Waals surface area contributed by atoms with Crippen molar-refractivity contribution >= 4 is 5.96 Å². The van der Waals surface area contributed by atoms with Crippen molar-refractivity contribution < 1.29 is 17.9 Å². The van der Waals surface area contributed by atoms with Crippen LogP contribution < -0.4 is 10.6 Å². The van der Waals surface area contributed by atoms with Crippen molar-refractivity contribution in [2.24, 2.45) is 4.99 Å². The predicted octanol–water partition coefficient (Wildman–Crippen LogP) is 2.87. The molecule has 0 aromatic heterocycles. The van der Waals surface area contributed by atoms with E-state index < -0.39 is 11.7 Å². The Bertz CT molecular complexity index is 590. The predicted molar refractivity (Wildman–Crippen MR) is 101 cm³/mol. The van der Waals surface area contributed by atoms with E-state index >= 15 is 0 Å². The van der Waals surface area contributed by atoms with Gasteiger partial charge in [0.1, 0.15) is 0 Å². The van der Waals surface area contributed by atoms with Crippen LogP contribution in [0.15, 0.2) is 29.3 Å². The quantitative estimate of drug-likeness (QED) is 0.410. The minimum Gasteiger partial charge on any atom is -0.380 e. The maximum Gasteiger partial charge on any atom is 0.416 e. The zero-order valence-corrected chi connectivity index (χ0v) is 16.0. The van der Waals surface area contributed by atoms with Crippen molar-refractivity contribution in [3.63, 3.8) is 0 Å². The summed E-state index contributed by atoms with van der Waals surface area (Å²) >= 11 is 0. The smallest absolute Gasteiger partial charge is 0.380 e. The van der Waals surface area contributed by atoms with E-state index in [2.05, 4.69) is 20.5 Å². The van der Waals surface area contributed by atoms with Crippen LogP contribution in [0.4, 0.5) is 13.2 Å². The monoisotopic (exact) mass is 386 g/mol. The Hall–Kier alpha value is -1.80. The first-order valence-corrected chi connectivity index (χ1v) is 9.43. The molecule has 27 heavy (non-hydrogen) atoms. The summed E-state index contributed by atoms with van der Waals surface area (Å²) in [6, 6.07) is 5.68. The van der Waals surface area contributed by atoms with Crippen LogP contribution in [0.25, 0.3) is 0 Å². The molecule has 0 bridgehead atoms. The lowest BCUT2D eigenvalue weighted by atomic mass is 10.1. The van der Waals surface area contributed by atoms with Crippen LogP contribution in [0.3, 0.4) is 0 Å². The van der Waals surface area contributed by atoms with E-state index in [0.29, 0.717) is 26.3 Å². The van der Waals surface area contributed by atoms with E-state index in [4.69, 9.17) is 4.74 Å². The Kier molecular flexibility index (Phi) is 8.37. The number of guanidine groups is 1. The molecule has 2 N–H and O–H groups in total. The highest BCUT2D eigenvalue weighted by Crippen LogP contribution is 2.29. The fourth-order valence-corrected chi connectivity index (χ4v) is 3.03. The number of alkyl halides is 3. The number of rotatable bonds is 8. The number of halogens is 3. The van der Waals surface area contributed by atoms with Crippen LogP contribution in [0.2, 0.25) is 0 Å². The molecule has 1 heterocycles. The summed E-state index contributed by atoms with van der Waals surface area (Å²) in [5.74, 6) is 0.776. The van der Waals surface area contributed by atoms with Gasteiger partial charge < -0.3 is 15.4 Å². The second-order valence-corrected chi connectivity index (χ2v) is 6.52. The third kappa shape index (κ3) is 7.38. The van der Waals surface area contributed by atoms with Crippen molar-refractivity contribution in [1.82, 2.24) is 15.5 Å². The molecule has 8 heteroatoms. The van der Waals surface area contributed by atoms with Crippen molar-refractivity contribution in [2.45, 2.75) is 39.0 Å². The van der Waals surface area contributed by atoms with Crippen LogP contribution in [0.5, 0.6) is 0 Å². The van der Waals surface area contributed by atoms with Crippen molar-refractivity contribution in [2.75, 3.05) is 39.4 Å². The Labute approximate surface area is 159 Å². The van der Waals surface area contributed by atoms with E-state index in [1.165, 1.54) is 0 Å². The molecule has 5 nitrogen and oxygen atoms in total. The van der Waals surface area contributed by atoms with Crippen molar-refractivity contribution in [1.29, 1.82) is 0 Å². The number of likely N-dealkylation sites (tertiary alicyclic amines) is 1. The lowest BCUT2D eigenvalue weighted by Crippen LogP contribution is -2.44. The largest absolute Gasteiger partial charge is 0.416 e. The van der Waals surface area contributed by atoms with E-state index in [1.807, 2.05) is 13.8 Å². The van der Waals surface area contributed by atoms with Gasteiger partial charge in [-0.25, -0.2) is 0 Å². The Morgan fingerprint density at radius 3 is 2.63 bits per heavy atom. The van der Waals surface area contributed by atoms with Gasteiger partial charge in [0.15, 0.2) is 5.96 Å². The lowest BCUT2D eigenvalue weighted by Gasteiger charge is -2.19. The van der Waals surface area contributed by atoms with Crippen LogP contribution in [-0.2, 0) is 17.5 Å². The molecule has 0 radical (unpaired) electrons. The number of ether oxygens (including phenoxy) is 1. The highest BCUT2D eigenvalue weighted by Gasteiger charge is 2.30. The maximum atomic E-state index is 12.6. The normalized spacial score (nSPS) is 18.7. The molecule has 0 saturated carbocycles. The van der Waals surface area contributed by atoms with Crippen molar-refractivity contribution in [3.05, 3.63) is 35.4 Å². The molecule has 1 aromatic carbocycles. The Balaban J connectivity index is 1.82. The number of hydrogen-bond acceptors (Lipinski definition) is 3. The number of nitrogens with one attached hydrogen (secondary N) is 2. The summed E-state index contributed by atoms with van der Waals surface area (Å²) in [5.41, 5.74) is 0.284. The van der Waals surface area contributed by atoms with Crippen LogP contribution >= 0.6 is 0 Å². The molecule has 1 fully saturated rings.